The van der Waals surface area contributed by atoms with E-state index in [1.165, 1.54) is 30.9 Å². The summed E-state index contributed by atoms with van der Waals surface area (Å²) in [7, 11) is 0. The quantitative estimate of drug-likeness (QED) is 0.454. The average Bonchev–Trinajstić information content (AvgIpc) is 3.27. The summed E-state index contributed by atoms with van der Waals surface area (Å²) in [5.41, 5.74) is 3.75. The van der Waals surface area contributed by atoms with Crippen LogP contribution in [-0.4, -0.2) is 16.8 Å². The van der Waals surface area contributed by atoms with Crippen molar-refractivity contribution >= 4 is 11.6 Å². The second kappa shape index (κ2) is 10.1. The van der Waals surface area contributed by atoms with E-state index in [0.717, 1.165) is 29.9 Å². The highest BCUT2D eigenvalue weighted by atomic mass is 19.1. The summed E-state index contributed by atoms with van der Waals surface area (Å²) < 4.78 is 20.2. The summed E-state index contributed by atoms with van der Waals surface area (Å²) in [4.78, 5) is 15.0. The van der Waals surface area contributed by atoms with E-state index in [1.54, 1.807) is 12.1 Å². The standard InChI is InChI=1S/C27H31FN2O2/c1-19-12-13-22(16-20(19)2)29-27(31)26-15-14-24(32-26)18-30(23-9-4-3-5-10-23)17-21-8-6-7-11-25(21)28/h6-8,11-16,23H,3-5,9-10,17-18H2,1-2H3,(H,29,31). The number of aryl methyl sites for hydroxylation is 2. The van der Waals surface area contributed by atoms with Gasteiger partial charge < -0.3 is 9.73 Å². The van der Waals surface area contributed by atoms with Crippen LogP contribution < -0.4 is 5.32 Å². The minimum atomic E-state index is -0.266. The van der Waals surface area contributed by atoms with E-state index in [0.29, 0.717) is 24.7 Å². The van der Waals surface area contributed by atoms with Crippen LogP contribution in [-0.2, 0) is 13.1 Å². The van der Waals surface area contributed by atoms with Crippen LogP contribution in [0.25, 0.3) is 0 Å². The monoisotopic (exact) mass is 434 g/mol. The fourth-order valence-corrected chi connectivity index (χ4v) is 4.40. The molecule has 1 saturated carbocycles. The largest absolute Gasteiger partial charge is 0.455 e. The van der Waals surface area contributed by atoms with E-state index in [-0.39, 0.29) is 17.5 Å². The van der Waals surface area contributed by atoms with Gasteiger partial charge in [0.05, 0.1) is 6.54 Å². The van der Waals surface area contributed by atoms with Gasteiger partial charge in [0.25, 0.3) is 5.91 Å². The Bertz CT molecular complexity index is 1070. The highest BCUT2D eigenvalue weighted by Gasteiger charge is 2.24. The van der Waals surface area contributed by atoms with E-state index in [4.69, 9.17) is 4.42 Å². The molecular formula is C27H31FN2O2. The average molecular weight is 435 g/mol. The molecule has 3 aromatic rings. The lowest BCUT2D eigenvalue weighted by molar-refractivity contribution is 0.0985. The van der Waals surface area contributed by atoms with Crippen molar-refractivity contribution in [1.29, 1.82) is 0 Å². The normalized spacial score (nSPS) is 14.6. The van der Waals surface area contributed by atoms with Gasteiger partial charge in [0.15, 0.2) is 5.76 Å². The molecule has 5 heteroatoms. The molecule has 0 radical (unpaired) electrons. The van der Waals surface area contributed by atoms with Crippen LogP contribution in [0.15, 0.2) is 59.0 Å². The second-order valence-corrected chi connectivity index (χ2v) is 8.81. The van der Waals surface area contributed by atoms with Gasteiger partial charge in [-0.3, -0.25) is 9.69 Å². The number of nitrogens with zero attached hydrogens (tertiary/aromatic N) is 1. The lowest BCUT2D eigenvalue weighted by Gasteiger charge is -2.34. The first kappa shape index (κ1) is 22.3. The van der Waals surface area contributed by atoms with E-state index in [2.05, 4.69) is 10.2 Å². The number of benzene rings is 2. The molecule has 4 nitrogen and oxygen atoms in total. The molecule has 4 rings (SSSR count). The van der Waals surface area contributed by atoms with E-state index >= 15 is 0 Å². The van der Waals surface area contributed by atoms with Crippen LogP contribution in [0.1, 0.15) is 65.1 Å². The highest BCUT2D eigenvalue weighted by molar-refractivity contribution is 6.02. The number of halogens is 1. The van der Waals surface area contributed by atoms with Crippen LogP contribution in [0.5, 0.6) is 0 Å². The van der Waals surface area contributed by atoms with Crippen LogP contribution >= 0.6 is 0 Å². The van der Waals surface area contributed by atoms with Gasteiger partial charge in [0.2, 0.25) is 0 Å². The van der Waals surface area contributed by atoms with E-state index in [1.807, 2.05) is 50.2 Å². The van der Waals surface area contributed by atoms with Crippen molar-refractivity contribution in [2.75, 3.05) is 5.32 Å². The Morgan fingerprint density at radius 3 is 2.53 bits per heavy atom. The molecule has 0 spiro atoms. The molecule has 1 aromatic heterocycles. The van der Waals surface area contributed by atoms with Crippen LogP contribution in [0.4, 0.5) is 10.1 Å². The van der Waals surface area contributed by atoms with Gasteiger partial charge in [-0.25, -0.2) is 4.39 Å². The predicted octanol–water partition coefficient (Wildman–Crippen LogP) is 6.62. The van der Waals surface area contributed by atoms with Crippen molar-refractivity contribution in [1.82, 2.24) is 4.90 Å². The zero-order valence-electron chi connectivity index (χ0n) is 18.9. The third-order valence-electron chi connectivity index (χ3n) is 6.43. The molecule has 1 amide bonds. The van der Waals surface area contributed by atoms with Crippen molar-refractivity contribution in [2.45, 2.75) is 65.1 Å². The molecule has 0 bridgehead atoms. The summed E-state index contributed by atoms with van der Waals surface area (Å²) >= 11 is 0. The molecule has 1 aliphatic carbocycles. The van der Waals surface area contributed by atoms with E-state index in [9.17, 15) is 9.18 Å². The molecule has 0 atom stereocenters. The smallest absolute Gasteiger partial charge is 0.291 e. The zero-order chi connectivity index (χ0) is 22.5. The second-order valence-electron chi connectivity index (χ2n) is 8.81. The lowest BCUT2D eigenvalue weighted by Crippen LogP contribution is -2.36. The number of carbonyl (C=O) groups excluding carboxylic acids is 1. The summed E-state index contributed by atoms with van der Waals surface area (Å²) in [6.07, 6.45) is 5.86. The first-order valence-electron chi connectivity index (χ1n) is 11.4. The molecule has 2 aromatic carbocycles. The Balaban J connectivity index is 1.47. The fourth-order valence-electron chi connectivity index (χ4n) is 4.40. The molecule has 0 unspecified atom stereocenters. The third kappa shape index (κ3) is 5.46. The van der Waals surface area contributed by atoms with Gasteiger partial charge in [-0.05, 0) is 68.1 Å². The molecule has 0 saturated heterocycles. The number of carbonyl (C=O) groups is 1. The van der Waals surface area contributed by atoms with Gasteiger partial charge in [0.1, 0.15) is 11.6 Å². The molecule has 1 heterocycles. The van der Waals surface area contributed by atoms with Crippen molar-refractivity contribution in [3.05, 3.63) is 88.6 Å². The van der Waals surface area contributed by atoms with Gasteiger partial charge in [-0.15, -0.1) is 0 Å². The first-order valence-corrected chi connectivity index (χ1v) is 11.4. The Labute approximate surface area is 189 Å². The lowest BCUT2D eigenvalue weighted by atomic mass is 9.93. The number of hydrogen-bond donors (Lipinski definition) is 1. The predicted molar refractivity (Wildman–Crippen MR) is 125 cm³/mol. The van der Waals surface area contributed by atoms with Gasteiger partial charge in [-0.1, -0.05) is 43.5 Å². The summed E-state index contributed by atoms with van der Waals surface area (Å²) in [5.74, 6) is 0.559. The molecule has 1 aliphatic rings. The zero-order valence-corrected chi connectivity index (χ0v) is 18.9. The summed E-state index contributed by atoms with van der Waals surface area (Å²) in [5, 5.41) is 2.91. The molecule has 168 valence electrons. The number of rotatable bonds is 7. The maximum Gasteiger partial charge on any atom is 0.291 e. The molecule has 0 aliphatic heterocycles. The Kier molecular flexibility index (Phi) is 7.05. The Morgan fingerprint density at radius 2 is 1.78 bits per heavy atom. The molecule has 32 heavy (non-hydrogen) atoms. The summed E-state index contributed by atoms with van der Waals surface area (Å²) in [6, 6.07) is 16.7. The third-order valence-corrected chi connectivity index (χ3v) is 6.43. The molecule has 1 N–H and O–H groups in total. The van der Waals surface area contributed by atoms with Gasteiger partial charge >= 0.3 is 0 Å². The van der Waals surface area contributed by atoms with Crippen molar-refractivity contribution in [3.63, 3.8) is 0 Å². The van der Waals surface area contributed by atoms with Gasteiger partial charge in [-0.2, -0.15) is 0 Å². The Morgan fingerprint density at radius 1 is 1.00 bits per heavy atom. The van der Waals surface area contributed by atoms with Crippen LogP contribution in [0, 0.1) is 19.7 Å². The number of hydrogen-bond acceptors (Lipinski definition) is 3. The maximum atomic E-state index is 14.3. The van der Waals surface area contributed by atoms with Crippen molar-refractivity contribution in [3.8, 4) is 0 Å². The number of furan rings is 1. The minimum absolute atomic E-state index is 0.179. The molecule has 1 fully saturated rings. The fraction of sp³-hybridized carbons (Fsp3) is 0.370. The number of amides is 1. The van der Waals surface area contributed by atoms with Crippen molar-refractivity contribution in [2.24, 2.45) is 0 Å². The van der Waals surface area contributed by atoms with E-state index < -0.39 is 0 Å². The van der Waals surface area contributed by atoms with Crippen LogP contribution in [0.2, 0.25) is 0 Å². The maximum absolute atomic E-state index is 14.3. The Hall–Kier alpha value is -2.92. The number of nitrogens with one attached hydrogen (secondary N) is 1. The first-order chi connectivity index (χ1) is 15.5. The van der Waals surface area contributed by atoms with Crippen LogP contribution in [0.3, 0.4) is 0 Å². The topological polar surface area (TPSA) is 45.5 Å². The summed E-state index contributed by atoms with van der Waals surface area (Å²) in [6.45, 7) is 5.14. The minimum Gasteiger partial charge on any atom is -0.455 e. The SMILES string of the molecule is Cc1ccc(NC(=O)c2ccc(CN(Cc3ccccc3F)C3CCCCC3)o2)cc1C. The van der Waals surface area contributed by atoms with Crippen molar-refractivity contribution < 1.29 is 13.6 Å². The molecular weight excluding hydrogens is 403 g/mol. The number of anilines is 1. The highest BCUT2D eigenvalue weighted by Crippen LogP contribution is 2.27. The van der Waals surface area contributed by atoms with Gasteiger partial charge in [0, 0.05) is 23.8 Å².